The molecular weight excluding hydrogens is 316 g/mol. The predicted octanol–water partition coefficient (Wildman–Crippen LogP) is 3.11. The van der Waals surface area contributed by atoms with Crippen LogP contribution in [0.5, 0.6) is 0 Å². The van der Waals surface area contributed by atoms with Gasteiger partial charge in [0.05, 0.1) is 12.7 Å². The van der Waals surface area contributed by atoms with Crippen molar-refractivity contribution < 1.29 is 19.1 Å². The van der Waals surface area contributed by atoms with E-state index in [0.717, 1.165) is 36.1 Å². The maximum atomic E-state index is 12.4. The van der Waals surface area contributed by atoms with Gasteiger partial charge in [-0.2, -0.15) is 0 Å². The van der Waals surface area contributed by atoms with E-state index in [4.69, 9.17) is 0 Å². The number of hydrogen-bond donors (Lipinski definition) is 2. The minimum absolute atomic E-state index is 0.164. The third-order valence-electron chi connectivity index (χ3n) is 3.71. The Labute approximate surface area is 139 Å². The number of amides is 3. The number of thiophene rings is 1. The molecule has 1 aromatic heterocycles. The van der Waals surface area contributed by atoms with Gasteiger partial charge in [0.2, 0.25) is 5.91 Å². The van der Waals surface area contributed by atoms with Crippen LogP contribution < -0.4 is 10.6 Å². The van der Waals surface area contributed by atoms with E-state index in [-0.39, 0.29) is 5.91 Å². The van der Waals surface area contributed by atoms with Crippen LogP contribution in [0.1, 0.15) is 54.4 Å². The Bertz CT molecular complexity index is 643. The van der Waals surface area contributed by atoms with E-state index in [1.54, 1.807) is 0 Å². The number of nitrogens with one attached hydrogen (secondary N) is 2. The van der Waals surface area contributed by atoms with Crippen molar-refractivity contribution in [1.29, 1.82) is 0 Å². The van der Waals surface area contributed by atoms with E-state index in [1.165, 1.54) is 18.4 Å². The summed E-state index contributed by atoms with van der Waals surface area (Å²) >= 11 is 1.42. The van der Waals surface area contributed by atoms with Crippen molar-refractivity contribution in [3.8, 4) is 0 Å². The lowest BCUT2D eigenvalue weighted by Gasteiger charge is -2.17. The molecule has 0 atom stereocenters. The first-order valence-corrected chi connectivity index (χ1v) is 8.41. The van der Waals surface area contributed by atoms with Crippen molar-refractivity contribution in [1.82, 2.24) is 5.32 Å². The quantitative estimate of drug-likeness (QED) is 0.868. The number of aryl methyl sites for hydroxylation is 1. The van der Waals surface area contributed by atoms with Crippen LogP contribution in [0.25, 0.3) is 0 Å². The summed E-state index contributed by atoms with van der Waals surface area (Å²) in [5.41, 5.74) is 0.764. The first-order chi connectivity index (χ1) is 10.7. The highest BCUT2D eigenvalue weighted by atomic mass is 32.1. The highest BCUT2D eigenvalue weighted by Gasteiger charge is 2.29. The number of methoxy groups -OCH3 is 1. The molecule has 0 radical (unpaired) electrons. The number of alkyl carbamates (subject to hydrolysis) is 1. The standard InChI is InChI=1S/C16H22N2O4S/c1-16(2,3)14(20)18-13-11(12(19)17-15(21)22-4)9-7-5-6-8-10(9)23-13/h5-8H2,1-4H3,(H,18,20)(H,17,19,21). The first-order valence-electron chi connectivity index (χ1n) is 7.59. The van der Waals surface area contributed by atoms with E-state index < -0.39 is 17.4 Å². The molecule has 1 aliphatic carbocycles. The van der Waals surface area contributed by atoms with Crippen LogP contribution in [-0.4, -0.2) is 25.0 Å². The molecule has 3 amide bonds. The molecule has 126 valence electrons. The van der Waals surface area contributed by atoms with Gasteiger partial charge in [0.15, 0.2) is 0 Å². The van der Waals surface area contributed by atoms with Crippen LogP contribution in [0.3, 0.4) is 0 Å². The molecular formula is C16H22N2O4S. The van der Waals surface area contributed by atoms with Crippen LogP contribution in [-0.2, 0) is 22.4 Å². The summed E-state index contributed by atoms with van der Waals surface area (Å²) in [6.45, 7) is 5.43. The van der Waals surface area contributed by atoms with Crippen molar-refractivity contribution in [2.75, 3.05) is 12.4 Å². The van der Waals surface area contributed by atoms with E-state index >= 15 is 0 Å². The van der Waals surface area contributed by atoms with Gasteiger partial charge < -0.3 is 10.1 Å². The molecule has 0 bridgehead atoms. The molecule has 1 aliphatic rings. The second kappa shape index (κ2) is 6.70. The number of hydrogen-bond acceptors (Lipinski definition) is 5. The Morgan fingerprint density at radius 3 is 2.39 bits per heavy atom. The summed E-state index contributed by atoms with van der Waals surface area (Å²) in [5, 5.41) is 5.55. The second-order valence-corrected chi connectivity index (χ2v) is 7.67. The van der Waals surface area contributed by atoms with Gasteiger partial charge in [0.1, 0.15) is 5.00 Å². The van der Waals surface area contributed by atoms with Gasteiger partial charge in [0, 0.05) is 10.3 Å². The number of ether oxygens (including phenoxy) is 1. The molecule has 6 nitrogen and oxygen atoms in total. The number of carbonyl (C=O) groups is 3. The molecule has 1 heterocycles. The third-order valence-corrected chi connectivity index (χ3v) is 4.91. The minimum Gasteiger partial charge on any atom is -0.453 e. The molecule has 23 heavy (non-hydrogen) atoms. The van der Waals surface area contributed by atoms with Gasteiger partial charge in [-0.3, -0.25) is 14.9 Å². The Balaban J connectivity index is 2.37. The van der Waals surface area contributed by atoms with E-state index in [0.29, 0.717) is 10.6 Å². The first kappa shape index (κ1) is 17.5. The molecule has 2 N–H and O–H groups in total. The fourth-order valence-electron chi connectivity index (χ4n) is 2.39. The number of fused-ring (bicyclic) bond motifs is 1. The summed E-state index contributed by atoms with van der Waals surface area (Å²) in [6.07, 6.45) is 2.93. The molecule has 0 spiro atoms. The van der Waals surface area contributed by atoms with Crippen molar-refractivity contribution in [2.24, 2.45) is 5.41 Å². The zero-order valence-corrected chi connectivity index (χ0v) is 14.7. The number of imide groups is 1. The molecule has 1 aromatic rings. The lowest BCUT2D eigenvalue weighted by atomic mass is 9.94. The molecule has 2 rings (SSSR count). The van der Waals surface area contributed by atoms with Gasteiger partial charge in [-0.05, 0) is 31.2 Å². The van der Waals surface area contributed by atoms with Crippen molar-refractivity contribution in [3.63, 3.8) is 0 Å². The molecule has 0 saturated heterocycles. The lowest BCUT2D eigenvalue weighted by Crippen LogP contribution is -2.32. The fraction of sp³-hybridized carbons (Fsp3) is 0.562. The Morgan fingerprint density at radius 2 is 1.78 bits per heavy atom. The van der Waals surface area contributed by atoms with Crippen LogP contribution in [0, 0.1) is 5.41 Å². The van der Waals surface area contributed by atoms with Gasteiger partial charge in [-0.25, -0.2) is 4.79 Å². The van der Waals surface area contributed by atoms with E-state index in [1.807, 2.05) is 20.8 Å². The Kier molecular flexibility index (Phi) is 5.09. The van der Waals surface area contributed by atoms with Crippen molar-refractivity contribution in [2.45, 2.75) is 46.5 Å². The minimum atomic E-state index is -0.807. The highest BCUT2D eigenvalue weighted by Crippen LogP contribution is 2.38. The number of rotatable bonds is 2. The van der Waals surface area contributed by atoms with Gasteiger partial charge >= 0.3 is 6.09 Å². The topological polar surface area (TPSA) is 84.5 Å². The Hall–Kier alpha value is -1.89. The fourth-order valence-corrected chi connectivity index (χ4v) is 3.67. The summed E-state index contributed by atoms with van der Waals surface area (Å²) in [5.74, 6) is -0.691. The summed E-state index contributed by atoms with van der Waals surface area (Å²) in [7, 11) is 1.20. The smallest absolute Gasteiger partial charge is 0.413 e. The van der Waals surface area contributed by atoms with Crippen molar-refractivity contribution >= 4 is 34.2 Å². The van der Waals surface area contributed by atoms with E-state index in [2.05, 4.69) is 15.4 Å². The van der Waals surface area contributed by atoms with Gasteiger partial charge in [-0.15, -0.1) is 11.3 Å². The van der Waals surface area contributed by atoms with Gasteiger partial charge in [0.25, 0.3) is 5.91 Å². The molecule has 7 heteroatoms. The van der Waals surface area contributed by atoms with Gasteiger partial charge in [-0.1, -0.05) is 20.8 Å². The SMILES string of the molecule is COC(=O)NC(=O)c1c(NC(=O)C(C)(C)C)sc2c1CCCC2. The maximum Gasteiger partial charge on any atom is 0.413 e. The molecule has 0 aromatic carbocycles. The number of carbonyl (C=O) groups excluding carboxylic acids is 3. The van der Waals surface area contributed by atoms with E-state index in [9.17, 15) is 14.4 Å². The summed E-state index contributed by atoms with van der Waals surface area (Å²) in [6, 6.07) is 0. The molecule has 0 fully saturated rings. The Morgan fingerprint density at radius 1 is 1.13 bits per heavy atom. The molecule has 0 unspecified atom stereocenters. The average molecular weight is 338 g/mol. The zero-order chi connectivity index (χ0) is 17.2. The second-order valence-electron chi connectivity index (χ2n) is 6.56. The van der Waals surface area contributed by atoms with Crippen LogP contribution in [0.2, 0.25) is 0 Å². The van der Waals surface area contributed by atoms with Crippen LogP contribution in [0.4, 0.5) is 9.80 Å². The monoisotopic (exact) mass is 338 g/mol. The molecule has 0 aliphatic heterocycles. The zero-order valence-electron chi connectivity index (χ0n) is 13.9. The normalized spacial score (nSPS) is 13.9. The highest BCUT2D eigenvalue weighted by molar-refractivity contribution is 7.17. The lowest BCUT2D eigenvalue weighted by molar-refractivity contribution is -0.123. The largest absolute Gasteiger partial charge is 0.453 e. The maximum absolute atomic E-state index is 12.4. The predicted molar refractivity (Wildman–Crippen MR) is 88.9 cm³/mol. The molecule has 0 saturated carbocycles. The average Bonchev–Trinajstić information content (AvgIpc) is 2.83. The van der Waals surface area contributed by atoms with Crippen LogP contribution in [0.15, 0.2) is 0 Å². The van der Waals surface area contributed by atoms with Crippen LogP contribution >= 0.6 is 11.3 Å². The summed E-state index contributed by atoms with van der Waals surface area (Å²) in [4.78, 5) is 37.2. The third kappa shape index (κ3) is 3.90. The van der Waals surface area contributed by atoms with Crippen molar-refractivity contribution in [3.05, 3.63) is 16.0 Å². The summed E-state index contributed by atoms with van der Waals surface area (Å²) < 4.78 is 4.48. The number of anilines is 1.